The smallest absolute Gasteiger partial charge is 0.242 e. The standard InChI is InChI=1S/C15H17FN2O2/c16-15(20)8-7-10-4-1-2-5-11(10)13(15)14(19)18-12-6-3-9-17-12/h1-2,4-5,7-8,12-13,17,20H,3,6,9H2,(H,18,19). The highest BCUT2D eigenvalue weighted by atomic mass is 19.2. The maximum Gasteiger partial charge on any atom is 0.242 e. The molecule has 106 valence electrons. The minimum absolute atomic E-state index is 0.142. The first-order valence-corrected chi connectivity index (χ1v) is 6.81. The third-order valence-electron chi connectivity index (χ3n) is 3.85. The van der Waals surface area contributed by atoms with Crippen molar-refractivity contribution in [2.75, 3.05) is 6.54 Å². The van der Waals surface area contributed by atoms with E-state index in [1.165, 1.54) is 6.08 Å². The molecular formula is C15H17FN2O2. The molecule has 3 unspecified atom stereocenters. The third-order valence-corrected chi connectivity index (χ3v) is 3.85. The molecule has 0 bridgehead atoms. The number of hydrogen-bond donors (Lipinski definition) is 3. The minimum atomic E-state index is -2.66. The third kappa shape index (κ3) is 2.34. The van der Waals surface area contributed by atoms with Crippen LogP contribution in [0, 0.1) is 0 Å². The van der Waals surface area contributed by atoms with Crippen molar-refractivity contribution in [3.8, 4) is 0 Å². The van der Waals surface area contributed by atoms with Crippen molar-refractivity contribution in [3.63, 3.8) is 0 Å². The van der Waals surface area contributed by atoms with E-state index in [-0.39, 0.29) is 6.17 Å². The zero-order valence-corrected chi connectivity index (χ0v) is 11.0. The predicted octanol–water partition coefficient (Wildman–Crippen LogP) is 1.28. The lowest BCUT2D eigenvalue weighted by molar-refractivity contribution is -0.136. The van der Waals surface area contributed by atoms with Gasteiger partial charge in [-0.2, -0.15) is 0 Å². The van der Waals surface area contributed by atoms with Gasteiger partial charge in [0.2, 0.25) is 11.8 Å². The van der Waals surface area contributed by atoms with Crippen LogP contribution in [-0.4, -0.2) is 29.6 Å². The summed E-state index contributed by atoms with van der Waals surface area (Å²) in [4.78, 5) is 12.3. The van der Waals surface area contributed by atoms with Crippen LogP contribution >= 0.6 is 0 Å². The van der Waals surface area contributed by atoms with Gasteiger partial charge in [-0.25, -0.2) is 4.39 Å². The van der Waals surface area contributed by atoms with Crippen molar-refractivity contribution in [2.45, 2.75) is 30.8 Å². The summed E-state index contributed by atoms with van der Waals surface area (Å²) in [7, 11) is 0. The second-order valence-corrected chi connectivity index (χ2v) is 5.28. The molecule has 1 aliphatic carbocycles. The van der Waals surface area contributed by atoms with Gasteiger partial charge >= 0.3 is 0 Å². The fourth-order valence-electron chi connectivity index (χ4n) is 2.83. The summed E-state index contributed by atoms with van der Waals surface area (Å²) < 4.78 is 14.3. The fourth-order valence-corrected chi connectivity index (χ4v) is 2.83. The molecule has 3 N–H and O–H groups in total. The highest BCUT2D eigenvalue weighted by molar-refractivity contribution is 5.88. The molecule has 0 spiro atoms. The molecule has 0 saturated carbocycles. The topological polar surface area (TPSA) is 61.4 Å². The highest BCUT2D eigenvalue weighted by Gasteiger charge is 2.44. The molecule has 4 nitrogen and oxygen atoms in total. The van der Waals surface area contributed by atoms with Crippen molar-refractivity contribution in [3.05, 3.63) is 41.5 Å². The maximum atomic E-state index is 14.3. The van der Waals surface area contributed by atoms with E-state index >= 15 is 0 Å². The minimum Gasteiger partial charge on any atom is -0.358 e. The van der Waals surface area contributed by atoms with Crippen LogP contribution in [0.1, 0.15) is 29.9 Å². The van der Waals surface area contributed by atoms with Crippen LogP contribution in [0.3, 0.4) is 0 Å². The molecule has 5 heteroatoms. The highest BCUT2D eigenvalue weighted by Crippen LogP contribution is 2.38. The van der Waals surface area contributed by atoms with Gasteiger partial charge in [-0.1, -0.05) is 30.3 Å². The van der Waals surface area contributed by atoms with Crippen molar-refractivity contribution in [1.29, 1.82) is 0 Å². The van der Waals surface area contributed by atoms with Crippen LogP contribution in [0.5, 0.6) is 0 Å². The van der Waals surface area contributed by atoms with E-state index in [0.717, 1.165) is 31.0 Å². The average Bonchev–Trinajstić information content (AvgIpc) is 2.90. The largest absolute Gasteiger partial charge is 0.358 e. The SMILES string of the molecule is O=C(NC1CCCN1)C1c2ccccc2C=CC1(O)F. The quantitative estimate of drug-likeness (QED) is 0.762. The van der Waals surface area contributed by atoms with Gasteiger partial charge in [0.15, 0.2) is 0 Å². The number of halogens is 1. The number of hydrogen-bond acceptors (Lipinski definition) is 3. The summed E-state index contributed by atoms with van der Waals surface area (Å²) in [5.74, 6) is -4.38. The molecule has 1 heterocycles. The summed E-state index contributed by atoms with van der Waals surface area (Å²) in [5, 5.41) is 15.8. The molecule has 20 heavy (non-hydrogen) atoms. The molecule has 1 aliphatic heterocycles. The molecule has 3 rings (SSSR count). The number of amides is 1. The number of fused-ring (bicyclic) bond motifs is 1. The Bertz CT molecular complexity index is 551. The van der Waals surface area contributed by atoms with Gasteiger partial charge in [-0.15, -0.1) is 0 Å². The first-order valence-electron chi connectivity index (χ1n) is 6.81. The van der Waals surface area contributed by atoms with Crippen molar-refractivity contribution in [1.82, 2.24) is 10.6 Å². The van der Waals surface area contributed by atoms with E-state index in [1.807, 2.05) is 6.07 Å². The number of rotatable bonds is 2. The second kappa shape index (κ2) is 5.00. The van der Waals surface area contributed by atoms with E-state index in [0.29, 0.717) is 5.56 Å². The summed E-state index contributed by atoms with van der Waals surface area (Å²) in [6.45, 7) is 0.839. The zero-order chi connectivity index (χ0) is 14.2. The van der Waals surface area contributed by atoms with E-state index in [1.54, 1.807) is 18.2 Å². The van der Waals surface area contributed by atoms with Gasteiger partial charge in [0.25, 0.3) is 0 Å². The summed E-state index contributed by atoms with van der Waals surface area (Å²) in [5.41, 5.74) is 1.27. The lowest BCUT2D eigenvalue weighted by atomic mass is 9.83. The Morgan fingerprint density at radius 3 is 3.00 bits per heavy atom. The Morgan fingerprint density at radius 2 is 2.25 bits per heavy atom. The summed E-state index contributed by atoms with van der Waals surface area (Å²) in [6, 6.07) is 7.03. The van der Waals surface area contributed by atoms with Gasteiger partial charge in [-0.05, 0) is 36.6 Å². The molecule has 3 atom stereocenters. The molecule has 1 amide bonds. The van der Waals surface area contributed by atoms with Crippen LogP contribution in [0.2, 0.25) is 0 Å². The van der Waals surface area contributed by atoms with E-state index < -0.39 is 17.7 Å². The monoisotopic (exact) mass is 276 g/mol. The number of aliphatic hydroxyl groups is 1. The Labute approximate surface area is 116 Å². The van der Waals surface area contributed by atoms with Crippen LogP contribution in [-0.2, 0) is 4.79 Å². The van der Waals surface area contributed by atoms with Gasteiger partial charge in [0.05, 0.1) is 6.17 Å². The molecule has 1 aromatic carbocycles. The van der Waals surface area contributed by atoms with Crippen molar-refractivity contribution < 1.29 is 14.3 Å². The van der Waals surface area contributed by atoms with Crippen LogP contribution in [0.25, 0.3) is 6.08 Å². The first-order chi connectivity index (χ1) is 9.58. The second-order valence-electron chi connectivity index (χ2n) is 5.28. The molecule has 2 aliphatic rings. The lowest BCUT2D eigenvalue weighted by Gasteiger charge is -2.31. The van der Waals surface area contributed by atoms with Gasteiger partial charge < -0.3 is 10.4 Å². The number of carbonyl (C=O) groups is 1. The molecule has 0 radical (unpaired) electrons. The summed E-state index contributed by atoms with van der Waals surface area (Å²) >= 11 is 0. The van der Waals surface area contributed by atoms with Gasteiger partial charge in [0, 0.05) is 0 Å². The van der Waals surface area contributed by atoms with E-state index in [9.17, 15) is 14.3 Å². The molecular weight excluding hydrogens is 259 g/mol. The molecule has 1 saturated heterocycles. The normalized spacial score (nSPS) is 31.9. The average molecular weight is 276 g/mol. The van der Waals surface area contributed by atoms with Crippen molar-refractivity contribution in [2.24, 2.45) is 0 Å². The van der Waals surface area contributed by atoms with Crippen LogP contribution in [0.4, 0.5) is 4.39 Å². The Balaban J connectivity index is 1.89. The fraction of sp³-hybridized carbons (Fsp3) is 0.400. The number of carbonyl (C=O) groups excluding carboxylic acids is 1. The first kappa shape index (κ1) is 13.3. The number of benzene rings is 1. The van der Waals surface area contributed by atoms with Gasteiger partial charge in [-0.3, -0.25) is 10.1 Å². The maximum absolute atomic E-state index is 14.3. The lowest BCUT2D eigenvalue weighted by Crippen LogP contribution is -2.48. The summed E-state index contributed by atoms with van der Waals surface area (Å²) in [6.07, 6.45) is 4.21. The van der Waals surface area contributed by atoms with E-state index in [4.69, 9.17) is 0 Å². The van der Waals surface area contributed by atoms with Gasteiger partial charge in [0.1, 0.15) is 5.92 Å². The predicted molar refractivity (Wildman–Crippen MR) is 73.4 cm³/mol. The Morgan fingerprint density at radius 1 is 1.45 bits per heavy atom. The molecule has 1 aromatic rings. The Hall–Kier alpha value is -1.72. The van der Waals surface area contributed by atoms with Crippen molar-refractivity contribution >= 4 is 12.0 Å². The van der Waals surface area contributed by atoms with Crippen LogP contribution in [0.15, 0.2) is 30.3 Å². The van der Waals surface area contributed by atoms with Crippen LogP contribution < -0.4 is 10.6 Å². The van der Waals surface area contributed by atoms with E-state index in [2.05, 4.69) is 10.6 Å². The number of nitrogens with one attached hydrogen (secondary N) is 2. The molecule has 1 fully saturated rings. The Kier molecular flexibility index (Phi) is 3.31. The number of alkyl halides is 1. The zero-order valence-electron chi connectivity index (χ0n) is 11.0. The molecule has 0 aromatic heterocycles.